The summed E-state index contributed by atoms with van der Waals surface area (Å²) in [5, 5.41) is 3.03. The van der Waals surface area contributed by atoms with Crippen molar-refractivity contribution in [3.8, 4) is 0 Å². The number of carbonyl (C=O) groups excluding carboxylic acids is 1. The van der Waals surface area contributed by atoms with Crippen molar-refractivity contribution in [1.82, 2.24) is 0 Å². The standard InChI is InChI=1S/C20H18ClN3O5S2/c1-14(25)22-16-6-10-19(11-7-16)30(26,27)24-18-8-12-20(13-9-18)31(28,29)23-17-4-2-15(21)3-5-17/h2-13,23-24H,1H3,(H,22,25). The number of hydrogen-bond donors (Lipinski definition) is 3. The van der Waals surface area contributed by atoms with Gasteiger partial charge in [0.2, 0.25) is 5.91 Å². The van der Waals surface area contributed by atoms with Crippen LogP contribution in [0.1, 0.15) is 6.92 Å². The minimum Gasteiger partial charge on any atom is -0.326 e. The molecular weight excluding hydrogens is 462 g/mol. The van der Waals surface area contributed by atoms with Crippen LogP contribution in [-0.4, -0.2) is 22.7 Å². The van der Waals surface area contributed by atoms with Gasteiger partial charge in [-0.1, -0.05) is 11.6 Å². The molecule has 0 aliphatic rings. The quantitative estimate of drug-likeness (QED) is 0.474. The lowest BCUT2D eigenvalue weighted by molar-refractivity contribution is -0.114. The maximum Gasteiger partial charge on any atom is 0.261 e. The number of halogens is 1. The third kappa shape index (κ3) is 5.97. The average molecular weight is 480 g/mol. The van der Waals surface area contributed by atoms with Crippen LogP contribution in [0.25, 0.3) is 0 Å². The highest BCUT2D eigenvalue weighted by Crippen LogP contribution is 2.22. The van der Waals surface area contributed by atoms with Gasteiger partial charge < -0.3 is 5.32 Å². The third-order valence-electron chi connectivity index (χ3n) is 4.00. The van der Waals surface area contributed by atoms with E-state index in [1.165, 1.54) is 67.6 Å². The van der Waals surface area contributed by atoms with E-state index in [0.29, 0.717) is 16.4 Å². The minimum absolute atomic E-state index is 0.0114. The number of anilines is 3. The molecular formula is C20H18ClN3O5S2. The Morgan fingerprint density at radius 3 is 1.39 bits per heavy atom. The molecule has 0 unspecified atom stereocenters. The molecule has 0 atom stereocenters. The van der Waals surface area contributed by atoms with Gasteiger partial charge in [0.25, 0.3) is 20.0 Å². The molecule has 0 heterocycles. The summed E-state index contributed by atoms with van der Waals surface area (Å²) >= 11 is 5.79. The van der Waals surface area contributed by atoms with E-state index < -0.39 is 20.0 Å². The summed E-state index contributed by atoms with van der Waals surface area (Å²) in [7, 11) is -7.76. The lowest BCUT2D eigenvalue weighted by Crippen LogP contribution is -2.14. The molecule has 0 aromatic heterocycles. The summed E-state index contributed by atoms with van der Waals surface area (Å²) in [6, 6.07) is 17.1. The van der Waals surface area contributed by atoms with Crippen LogP contribution in [0, 0.1) is 0 Å². The van der Waals surface area contributed by atoms with Crippen LogP contribution < -0.4 is 14.8 Å². The van der Waals surface area contributed by atoms with E-state index in [-0.39, 0.29) is 21.4 Å². The second kappa shape index (κ2) is 8.96. The lowest BCUT2D eigenvalue weighted by atomic mass is 10.3. The van der Waals surface area contributed by atoms with Crippen LogP contribution >= 0.6 is 11.6 Å². The zero-order valence-corrected chi connectivity index (χ0v) is 18.6. The van der Waals surface area contributed by atoms with E-state index in [4.69, 9.17) is 11.6 Å². The van der Waals surface area contributed by atoms with Gasteiger partial charge in [-0.3, -0.25) is 14.2 Å². The Hall–Kier alpha value is -3.08. The summed E-state index contributed by atoms with van der Waals surface area (Å²) in [4.78, 5) is 11.0. The van der Waals surface area contributed by atoms with Gasteiger partial charge in [0.1, 0.15) is 0 Å². The van der Waals surface area contributed by atoms with Gasteiger partial charge in [0, 0.05) is 29.0 Å². The predicted octanol–water partition coefficient (Wildman–Crippen LogP) is 3.90. The van der Waals surface area contributed by atoms with Gasteiger partial charge in [0.15, 0.2) is 0 Å². The van der Waals surface area contributed by atoms with Crippen LogP contribution in [-0.2, 0) is 24.8 Å². The van der Waals surface area contributed by atoms with Crippen LogP contribution in [0.3, 0.4) is 0 Å². The lowest BCUT2D eigenvalue weighted by Gasteiger charge is -2.11. The van der Waals surface area contributed by atoms with Gasteiger partial charge in [-0.15, -0.1) is 0 Å². The fourth-order valence-corrected chi connectivity index (χ4v) is 4.81. The molecule has 0 saturated carbocycles. The first kappa shape index (κ1) is 22.6. The maximum atomic E-state index is 12.5. The number of amides is 1. The van der Waals surface area contributed by atoms with Crippen molar-refractivity contribution in [3.63, 3.8) is 0 Å². The van der Waals surface area contributed by atoms with Crippen molar-refractivity contribution in [2.75, 3.05) is 14.8 Å². The predicted molar refractivity (Wildman–Crippen MR) is 120 cm³/mol. The number of sulfonamides is 2. The van der Waals surface area contributed by atoms with Crippen LogP contribution in [0.5, 0.6) is 0 Å². The second-order valence-corrected chi connectivity index (χ2v) is 10.2. The van der Waals surface area contributed by atoms with Crippen molar-refractivity contribution in [2.24, 2.45) is 0 Å². The molecule has 3 N–H and O–H groups in total. The zero-order chi connectivity index (χ0) is 22.6. The van der Waals surface area contributed by atoms with Gasteiger partial charge in [0.05, 0.1) is 9.79 Å². The molecule has 3 rings (SSSR count). The summed E-state index contributed by atoms with van der Waals surface area (Å²) in [6.45, 7) is 1.35. The van der Waals surface area contributed by atoms with E-state index in [9.17, 15) is 21.6 Å². The monoisotopic (exact) mass is 479 g/mol. The Bertz CT molecular complexity index is 1290. The highest BCUT2D eigenvalue weighted by atomic mass is 35.5. The van der Waals surface area contributed by atoms with Gasteiger partial charge in [-0.2, -0.15) is 0 Å². The molecule has 0 fully saturated rings. The van der Waals surface area contributed by atoms with Gasteiger partial charge in [-0.05, 0) is 72.8 Å². The molecule has 3 aromatic carbocycles. The summed E-state index contributed by atoms with van der Waals surface area (Å²) < 4.78 is 54.9. The molecule has 0 radical (unpaired) electrons. The molecule has 0 bridgehead atoms. The normalized spacial score (nSPS) is 11.5. The first-order chi connectivity index (χ1) is 14.5. The topological polar surface area (TPSA) is 121 Å². The summed E-state index contributed by atoms with van der Waals surface area (Å²) in [5.74, 6) is -0.269. The number of nitrogens with one attached hydrogen (secondary N) is 3. The van der Waals surface area contributed by atoms with E-state index in [1.54, 1.807) is 12.1 Å². The first-order valence-electron chi connectivity index (χ1n) is 8.84. The van der Waals surface area contributed by atoms with Crippen LogP contribution in [0.15, 0.2) is 82.6 Å². The first-order valence-corrected chi connectivity index (χ1v) is 12.2. The molecule has 0 spiro atoms. The Morgan fingerprint density at radius 1 is 0.645 bits per heavy atom. The second-order valence-electron chi connectivity index (χ2n) is 6.45. The Morgan fingerprint density at radius 2 is 1.00 bits per heavy atom. The number of carbonyl (C=O) groups is 1. The number of rotatable bonds is 7. The molecule has 1 amide bonds. The Labute approximate surface area is 185 Å². The molecule has 11 heteroatoms. The van der Waals surface area contributed by atoms with Crippen molar-refractivity contribution in [1.29, 1.82) is 0 Å². The number of benzene rings is 3. The van der Waals surface area contributed by atoms with E-state index in [2.05, 4.69) is 14.8 Å². The third-order valence-corrected chi connectivity index (χ3v) is 7.04. The van der Waals surface area contributed by atoms with Crippen molar-refractivity contribution in [2.45, 2.75) is 16.7 Å². The minimum atomic E-state index is -3.90. The Balaban J connectivity index is 1.73. The van der Waals surface area contributed by atoms with Crippen molar-refractivity contribution in [3.05, 3.63) is 77.8 Å². The van der Waals surface area contributed by atoms with Crippen LogP contribution in [0.2, 0.25) is 5.02 Å². The van der Waals surface area contributed by atoms with Gasteiger partial charge >= 0.3 is 0 Å². The van der Waals surface area contributed by atoms with Crippen LogP contribution in [0.4, 0.5) is 17.1 Å². The molecule has 0 aliphatic heterocycles. The van der Waals surface area contributed by atoms with E-state index in [1.807, 2.05) is 0 Å². The highest BCUT2D eigenvalue weighted by Gasteiger charge is 2.17. The smallest absolute Gasteiger partial charge is 0.261 e. The Kier molecular flexibility index (Phi) is 6.54. The highest BCUT2D eigenvalue weighted by molar-refractivity contribution is 7.93. The van der Waals surface area contributed by atoms with Crippen molar-refractivity contribution < 1.29 is 21.6 Å². The van der Waals surface area contributed by atoms with E-state index in [0.717, 1.165) is 0 Å². The molecule has 8 nitrogen and oxygen atoms in total. The molecule has 162 valence electrons. The van der Waals surface area contributed by atoms with E-state index >= 15 is 0 Å². The maximum absolute atomic E-state index is 12.5. The van der Waals surface area contributed by atoms with Gasteiger partial charge in [-0.25, -0.2) is 16.8 Å². The number of hydrogen-bond acceptors (Lipinski definition) is 5. The average Bonchev–Trinajstić information content (AvgIpc) is 2.70. The largest absolute Gasteiger partial charge is 0.326 e. The zero-order valence-electron chi connectivity index (χ0n) is 16.2. The molecule has 3 aromatic rings. The molecule has 0 aliphatic carbocycles. The fraction of sp³-hybridized carbons (Fsp3) is 0.0500. The SMILES string of the molecule is CC(=O)Nc1ccc(S(=O)(=O)Nc2ccc(S(=O)(=O)Nc3ccc(Cl)cc3)cc2)cc1. The summed E-state index contributed by atoms with van der Waals surface area (Å²) in [6.07, 6.45) is 0. The summed E-state index contributed by atoms with van der Waals surface area (Å²) in [5.41, 5.74) is 1.00. The molecule has 0 saturated heterocycles. The van der Waals surface area contributed by atoms with Crippen molar-refractivity contribution >= 4 is 54.6 Å². The molecule has 31 heavy (non-hydrogen) atoms. The fourth-order valence-electron chi connectivity index (χ4n) is 2.57.